The summed E-state index contributed by atoms with van der Waals surface area (Å²) in [5.41, 5.74) is 1.36. The molecule has 1 aliphatic heterocycles. The van der Waals surface area contributed by atoms with Gasteiger partial charge in [0.25, 0.3) is 0 Å². The van der Waals surface area contributed by atoms with Crippen molar-refractivity contribution in [3.63, 3.8) is 0 Å². The molecule has 1 aromatic heterocycles. The van der Waals surface area contributed by atoms with Crippen molar-refractivity contribution < 1.29 is 0 Å². The summed E-state index contributed by atoms with van der Waals surface area (Å²) >= 11 is 7.07. The molecule has 0 bridgehead atoms. The summed E-state index contributed by atoms with van der Waals surface area (Å²) in [5.74, 6) is 0. The molecule has 0 atom stereocenters. The predicted octanol–water partition coefficient (Wildman–Crippen LogP) is 2.00. The average molecular weight is 255 g/mol. The molecule has 0 aromatic carbocycles. The van der Waals surface area contributed by atoms with Crippen LogP contribution < -0.4 is 10.6 Å². The third-order valence-electron chi connectivity index (χ3n) is 2.31. The standard InChI is InChI=1S/C10H11ClN4S/c11-9-8(5-12)16-10(15-9)14-6-7-1-3-13-4-2-7/h1,13H,2-4,6H2,(H,14,15). The molecule has 84 valence electrons. The Morgan fingerprint density at radius 2 is 2.56 bits per heavy atom. The minimum atomic E-state index is 0.286. The van der Waals surface area contributed by atoms with Crippen molar-refractivity contribution >= 4 is 28.1 Å². The van der Waals surface area contributed by atoms with Gasteiger partial charge in [-0.05, 0) is 13.0 Å². The van der Waals surface area contributed by atoms with Gasteiger partial charge in [0.1, 0.15) is 10.9 Å². The van der Waals surface area contributed by atoms with Crippen LogP contribution in [0.15, 0.2) is 11.6 Å². The Hall–Kier alpha value is -1.09. The first-order chi connectivity index (χ1) is 7.79. The second-order valence-electron chi connectivity index (χ2n) is 3.42. The smallest absolute Gasteiger partial charge is 0.185 e. The molecule has 0 saturated carbocycles. The highest BCUT2D eigenvalue weighted by Gasteiger charge is 2.09. The van der Waals surface area contributed by atoms with Crippen LogP contribution in [-0.2, 0) is 0 Å². The fourth-order valence-corrected chi connectivity index (χ4v) is 2.41. The third kappa shape index (κ3) is 2.73. The van der Waals surface area contributed by atoms with Crippen LogP contribution in [0, 0.1) is 11.3 Å². The molecule has 2 heterocycles. The van der Waals surface area contributed by atoms with Crippen LogP contribution in [0.25, 0.3) is 0 Å². The van der Waals surface area contributed by atoms with Crippen molar-refractivity contribution in [2.45, 2.75) is 6.42 Å². The lowest BCUT2D eigenvalue weighted by molar-refractivity contribution is 0.698. The van der Waals surface area contributed by atoms with Gasteiger partial charge in [0.15, 0.2) is 10.3 Å². The third-order valence-corrected chi connectivity index (χ3v) is 3.62. The van der Waals surface area contributed by atoms with Gasteiger partial charge in [-0.2, -0.15) is 5.26 Å². The Morgan fingerprint density at radius 3 is 3.19 bits per heavy atom. The van der Waals surface area contributed by atoms with Crippen LogP contribution in [0.5, 0.6) is 0 Å². The number of halogens is 1. The van der Waals surface area contributed by atoms with Gasteiger partial charge in [0.05, 0.1) is 0 Å². The maximum atomic E-state index is 8.74. The van der Waals surface area contributed by atoms with Crippen molar-refractivity contribution in [3.8, 4) is 6.07 Å². The van der Waals surface area contributed by atoms with Crippen molar-refractivity contribution in [2.75, 3.05) is 25.0 Å². The minimum Gasteiger partial charge on any atom is -0.358 e. The normalized spacial score (nSPS) is 15.4. The van der Waals surface area contributed by atoms with Crippen molar-refractivity contribution in [1.29, 1.82) is 5.26 Å². The molecule has 16 heavy (non-hydrogen) atoms. The summed E-state index contributed by atoms with van der Waals surface area (Å²) in [6, 6.07) is 2.01. The lowest BCUT2D eigenvalue weighted by atomic mass is 10.1. The van der Waals surface area contributed by atoms with E-state index in [4.69, 9.17) is 16.9 Å². The fourth-order valence-electron chi connectivity index (χ4n) is 1.47. The van der Waals surface area contributed by atoms with Crippen LogP contribution in [-0.4, -0.2) is 24.6 Å². The van der Waals surface area contributed by atoms with Crippen LogP contribution >= 0.6 is 22.9 Å². The van der Waals surface area contributed by atoms with Gasteiger partial charge in [-0.25, -0.2) is 4.98 Å². The molecule has 2 N–H and O–H groups in total. The van der Waals surface area contributed by atoms with Crippen molar-refractivity contribution in [2.24, 2.45) is 0 Å². The molecule has 0 unspecified atom stereocenters. The zero-order valence-corrected chi connectivity index (χ0v) is 10.2. The molecule has 0 radical (unpaired) electrons. The number of hydrogen-bond donors (Lipinski definition) is 2. The summed E-state index contributed by atoms with van der Waals surface area (Å²) < 4.78 is 0. The van der Waals surface area contributed by atoms with E-state index < -0.39 is 0 Å². The highest BCUT2D eigenvalue weighted by molar-refractivity contribution is 7.16. The van der Waals surface area contributed by atoms with E-state index in [0.717, 1.165) is 26.1 Å². The summed E-state index contributed by atoms with van der Waals surface area (Å²) in [6.45, 7) is 2.73. The Balaban J connectivity index is 1.94. The van der Waals surface area contributed by atoms with Crippen LogP contribution in [0.3, 0.4) is 0 Å². The molecule has 0 aliphatic carbocycles. The molecule has 0 saturated heterocycles. The van der Waals surface area contributed by atoms with E-state index in [1.807, 2.05) is 6.07 Å². The highest BCUT2D eigenvalue weighted by Crippen LogP contribution is 2.26. The molecule has 1 aliphatic rings. The van der Waals surface area contributed by atoms with E-state index in [1.54, 1.807) is 0 Å². The van der Waals surface area contributed by atoms with Gasteiger partial charge in [-0.1, -0.05) is 34.6 Å². The second kappa shape index (κ2) is 5.30. The lowest BCUT2D eigenvalue weighted by Gasteiger charge is -2.13. The first-order valence-corrected chi connectivity index (χ1v) is 6.18. The predicted molar refractivity (Wildman–Crippen MR) is 65.9 cm³/mol. The zero-order valence-electron chi connectivity index (χ0n) is 8.59. The number of anilines is 1. The van der Waals surface area contributed by atoms with Gasteiger partial charge >= 0.3 is 0 Å². The van der Waals surface area contributed by atoms with Gasteiger partial charge in [-0.3, -0.25) is 0 Å². The van der Waals surface area contributed by atoms with E-state index in [1.165, 1.54) is 16.9 Å². The summed E-state index contributed by atoms with van der Waals surface area (Å²) in [5, 5.41) is 16.2. The van der Waals surface area contributed by atoms with Crippen molar-refractivity contribution in [3.05, 3.63) is 21.7 Å². The summed E-state index contributed by atoms with van der Waals surface area (Å²) in [7, 11) is 0. The number of hydrogen-bond acceptors (Lipinski definition) is 5. The van der Waals surface area contributed by atoms with Gasteiger partial charge in [0.2, 0.25) is 0 Å². The molecule has 6 heteroatoms. The maximum Gasteiger partial charge on any atom is 0.185 e. The summed E-state index contributed by atoms with van der Waals surface area (Å²) in [6.07, 6.45) is 3.23. The van der Waals surface area contributed by atoms with Gasteiger partial charge < -0.3 is 10.6 Å². The molecule has 1 aromatic rings. The number of aromatic nitrogens is 1. The van der Waals surface area contributed by atoms with E-state index in [9.17, 15) is 0 Å². The Morgan fingerprint density at radius 1 is 1.69 bits per heavy atom. The maximum absolute atomic E-state index is 8.74. The molecular formula is C10H11ClN4S. The first-order valence-electron chi connectivity index (χ1n) is 4.98. The zero-order chi connectivity index (χ0) is 11.4. The Bertz CT molecular complexity index is 446. The molecule has 2 rings (SSSR count). The largest absolute Gasteiger partial charge is 0.358 e. The number of thiazole rings is 1. The summed E-state index contributed by atoms with van der Waals surface area (Å²) in [4.78, 5) is 4.53. The highest BCUT2D eigenvalue weighted by atomic mass is 35.5. The Kier molecular flexibility index (Phi) is 3.78. The average Bonchev–Trinajstić information content (AvgIpc) is 2.69. The van der Waals surface area contributed by atoms with Gasteiger partial charge in [-0.15, -0.1) is 0 Å². The molecule has 0 fully saturated rings. The SMILES string of the molecule is N#Cc1sc(NCC2=CCNCC2)nc1Cl. The minimum absolute atomic E-state index is 0.286. The quantitative estimate of drug-likeness (QED) is 0.810. The molecule has 4 nitrogen and oxygen atoms in total. The van der Waals surface area contributed by atoms with E-state index >= 15 is 0 Å². The monoisotopic (exact) mass is 254 g/mol. The topological polar surface area (TPSA) is 60.7 Å². The van der Waals surface area contributed by atoms with Crippen LogP contribution in [0.2, 0.25) is 5.15 Å². The van der Waals surface area contributed by atoms with E-state index in [2.05, 4.69) is 21.7 Å². The lowest BCUT2D eigenvalue weighted by Crippen LogP contribution is -2.23. The van der Waals surface area contributed by atoms with E-state index in [-0.39, 0.29) is 5.15 Å². The number of rotatable bonds is 3. The fraction of sp³-hybridized carbons (Fsp3) is 0.400. The van der Waals surface area contributed by atoms with E-state index in [0.29, 0.717) is 10.0 Å². The van der Waals surface area contributed by atoms with Crippen LogP contribution in [0.4, 0.5) is 5.13 Å². The second-order valence-corrected chi connectivity index (χ2v) is 4.78. The van der Waals surface area contributed by atoms with Crippen molar-refractivity contribution in [1.82, 2.24) is 10.3 Å². The van der Waals surface area contributed by atoms with Gasteiger partial charge in [0, 0.05) is 13.1 Å². The number of nitriles is 1. The molecular weight excluding hydrogens is 244 g/mol. The molecule has 0 amide bonds. The first kappa shape index (κ1) is 11.4. The molecule has 0 spiro atoms. The van der Waals surface area contributed by atoms with Crippen LogP contribution in [0.1, 0.15) is 11.3 Å². The number of nitrogens with one attached hydrogen (secondary N) is 2. The Labute approximate surface area is 103 Å². The number of nitrogens with zero attached hydrogens (tertiary/aromatic N) is 2.